The third-order valence-electron chi connectivity index (χ3n) is 4.89. The number of rotatable bonds is 9. The number of carboxylic acids is 1. The summed E-state index contributed by atoms with van der Waals surface area (Å²) in [5.41, 5.74) is 2.60. The highest BCUT2D eigenvalue weighted by Gasteiger charge is 2.22. The maximum Gasteiger partial charge on any atom is 0.305 e. The van der Waals surface area contributed by atoms with Crippen LogP contribution in [0.2, 0.25) is 0 Å². The molecule has 2 atom stereocenters. The van der Waals surface area contributed by atoms with Gasteiger partial charge in [0.25, 0.3) is 0 Å². The Kier molecular flexibility index (Phi) is 6.66. The van der Waals surface area contributed by atoms with Crippen molar-refractivity contribution in [3.05, 3.63) is 70.9 Å². The summed E-state index contributed by atoms with van der Waals surface area (Å²) in [6.07, 6.45) is 1.81. The molecule has 1 amide bonds. The minimum Gasteiger partial charge on any atom is -0.481 e. The van der Waals surface area contributed by atoms with E-state index in [1.54, 1.807) is 17.8 Å². The molecule has 0 aliphatic heterocycles. The average Bonchev–Trinajstić information content (AvgIpc) is 3.30. The molecular weight excluding hydrogens is 384 g/mol. The van der Waals surface area contributed by atoms with Crippen molar-refractivity contribution in [2.45, 2.75) is 52.1 Å². The molecule has 158 valence electrons. The van der Waals surface area contributed by atoms with Crippen LogP contribution in [0.1, 0.15) is 47.6 Å². The number of hydrogen-bond donors (Lipinski definition) is 2. The van der Waals surface area contributed by atoms with Crippen molar-refractivity contribution in [1.29, 1.82) is 0 Å². The SMILES string of the molecule is Cc1ccc(C(C)C(=O)NC(CC(=O)O)Cc2cn(Cc3ccc(C)o3)nn2)cc1. The fraction of sp³-hybridized carbons (Fsp3) is 0.364. The number of aliphatic carboxylic acids is 1. The minimum atomic E-state index is -0.984. The third kappa shape index (κ3) is 5.79. The Hall–Kier alpha value is -3.42. The zero-order chi connectivity index (χ0) is 21.7. The van der Waals surface area contributed by atoms with Gasteiger partial charge in [-0.1, -0.05) is 35.0 Å². The standard InChI is InChI=1S/C22H26N4O4/c1-14-4-7-17(8-5-14)16(3)22(29)23-18(11-21(27)28)10-19-12-26(25-24-19)13-20-9-6-15(2)30-20/h4-9,12,16,18H,10-11,13H2,1-3H3,(H,23,29)(H,27,28). The van der Waals surface area contributed by atoms with Crippen LogP contribution in [0.3, 0.4) is 0 Å². The van der Waals surface area contributed by atoms with Crippen LogP contribution in [0.15, 0.2) is 47.0 Å². The summed E-state index contributed by atoms with van der Waals surface area (Å²) in [4.78, 5) is 24.0. The molecule has 0 aliphatic carbocycles. The highest BCUT2D eigenvalue weighted by atomic mass is 16.4. The van der Waals surface area contributed by atoms with Crippen molar-refractivity contribution in [3.63, 3.8) is 0 Å². The summed E-state index contributed by atoms with van der Waals surface area (Å²) in [5.74, 6) is -0.0198. The number of aromatic nitrogens is 3. The summed E-state index contributed by atoms with van der Waals surface area (Å²) in [6.45, 7) is 6.09. The molecule has 2 heterocycles. The molecule has 0 saturated heterocycles. The van der Waals surface area contributed by atoms with Gasteiger partial charge in [0.1, 0.15) is 18.1 Å². The fourth-order valence-electron chi connectivity index (χ4n) is 3.21. The normalized spacial score (nSPS) is 13.0. The lowest BCUT2D eigenvalue weighted by atomic mass is 9.98. The predicted octanol–water partition coefficient (Wildman–Crippen LogP) is 2.84. The third-order valence-corrected chi connectivity index (χ3v) is 4.89. The van der Waals surface area contributed by atoms with E-state index in [1.807, 2.05) is 50.2 Å². The fourth-order valence-corrected chi connectivity index (χ4v) is 3.21. The maximum absolute atomic E-state index is 12.7. The number of aryl methyl sites for hydroxylation is 2. The number of benzene rings is 1. The molecule has 8 heteroatoms. The second kappa shape index (κ2) is 9.39. The van der Waals surface area contributed by atoms with Crippen molar-refractivity contribution in [2.24, 2.45) is 0 Å². The van der Waals surface area contributed by atoms with Gasteiger partial charge >= 0.3 is 5.97 Å². The monoisotopic (exact) mass is 410 g/mol. The van der Waals surface area contributed by atoms with E-state index in [1.165, 1.54) is 0 Å². The van der Waals surface area contributed by atoms with Crippen LogP contribution in [0.25, 0.3) is 0 Å². The number of nitrogens with zero attached hydrogens (tertiary/aromatic N) is 3. The number of amides is 1. The van der Waals surface area contributed by atoms with Gasteiger partial charge in [0.05, 0.1) is 18.0 Å². The first-order valence-corrected chi connectivity index (χ1v) is 9.83. The summed E-state index contributed by atoms with van der Waals surface area (Å²) in [5, 5.41) is 20.3. The molecule has 1 aromatic carbocycles. The Balaban J connectivity index is 1.64. The van der Waals surface area contributed by atoms with Crippen LogP contribution in [-0.4, -0.2) is 38.0 Å². The van der Waals surface area contributed by atoms with Gasteiger partial charge in [-0.2, -0.15) is 0 Å². The van der Waals surface area contributed by atoms with Crippen LogP contribution >= 0.6 is 0 Å². The first-order chi connectivity index (χ1) is 14.3. The Bertz CT molecular complexity index is 1010. The summed E-state index contributed by atoms with van der Waals surface area (Å²) >= 11 is 0. The molecule has 0 bridgehead atoms. The smallest absolute Gasteiger partial charge is 0.305 e. The number of nitrogens with one attached hydrogen (secondary N) is 1. The van der Waals surface area contributed by atoms with Gasteiger partial charge in [-0.3, -0.25) is 9.59 Å². The molecule has 0 aliphatic rings. The minimum absolute atomic E-state index is 0.198. The Labute approximate surface area is 174 Å². The number of carboxylic acid groups (broad SMARTS) is 1. The van der Waals surface area contributed by atoms with E-state index in [4.69, 9.17) is 4.42 Å². The van der Waals surface area contributed by atoms with Crippen LogP contribution in [0.5, 0.6) is 0 Å². The van der Waals surface area contributed by atoms with Crippen LogP contribution in [0, 0.1) is 13.8 Å². The zero-order valence-electron chi connectivity index (χ0n) is 17.3. The van der Waals surface area contributed by atoms with Gasteiger partial charge in [-0.05, 0) is 38.5 Å². The summed E-state index contributed by atoms with van der Waals surface area (Å²) < 4.78 is 7.16. The molecule has 2 aromatic heterocycles. The van der Waals surface area contributed by atoms with E-state index >= 15 is 0 Å². The van der Waals surface area contributed by atoms with E-state index in [0.29, 0.717) is 12.2 Å². The molecule has 0 saturated carbocycles. The van der Waals surface area contributed by atoms with E-state index in [2.05, 4.69) is 15.6 Å². The lowest BCUT2D eigenvalue weighted by Crippen LogP contribution is -2.40. The highest BCUT2D eigenvalue weighted by Crippen LogP contribution is 2.17. The second-order valence-corrected chi connectivity index (χ2v) is 7.56. The molecule has 2 N–H and O–H groups in total. The molecule has 0 radical (unpaired) electrons. The molecule has 2 unspecified atom stereocenters. The predicted molar refractivity (Wildman–Crippen MR) is 110 cm³/mol. The van der Waals surface area contributed by atoms with Gasteiger partial charge in [0.2, 0.25) is 5.91 Å². The zero-order valence-corrected chi connectivity index (χ0v) is 17.3. The molecule has 3 aromatic rings. The van der Waals surface area contributed by atoms with E-state index in [9.17, 15) is 14.7 Å². The van der Waals surface area contributed by atoms with Crippen LogP contribution in [0.4, 0.5) is 0 Å². The lowest BCUT2D eigenvalue weighted by molar-refractivity contribution is -0.137. The van der Waals surface area contributed by atoms with Crippen molar-refractivity contribution in [1.82, 2.24) is 20.3 Å². The van der Waals surface area contributed by atoms with E-state index < -0.39 is 12.0 Å². The summed E-state index contributed by atoms with van der Waals surface area (Å²) in [7, 11) is 0. The highest BCUT2D eigenvalue weighted by molar-refractivity contribution is 5.84. The van der Waals surface area contributed by atoms with Gasteiger partial charge in [0.15, 0.2) is 0 Å². The van der Waals surface area contributed by atoms with Crippen molar-refractivity contribution >= 4 is 11.9 Å². The Morgan fingerprint density at radius 3 is 2.53 bits per heavy atom. The number of carbonyl (C=O) groups is 2. The Morgan fingerprint density at radius 1 is 1.17 bits per heavy atom. The molecule has 0 fully saturated rings. The van der Waals surface area contributed by atoms with Crippen LogP contribution in [-0.2, 0) is 22.6 Å². The lowest BCUT2D eigenvalue weighted by Gasteiger charge is -2.19. The number of furan rings is 1. The molecule has 0 spiro atoms. The average molecular weight is 410 g/mol. The van der Waals surface area contributed by atoms with Crippen molar-refractivity contribution < 1.29 is 19.1 Å². The Morgan fingerprint density at radius 2 is 1.90 bits per heavy atom. The van der Waals surface area contributed by atoms with E-state index in [0.717, 1.165) is 22.6 Å². The summed E-state index contributed by atoms with van der Waals surface area (Å²) in [6, 6.07) is 10.9. The largest absolute Gasteiger partial charge is 0.481 e. The second-order valence-electron chi connectivity index (χ2n) is 7.56. The molecular formula is C22H26N4O4. The topological polar surface area (TPSA) is 110 Å². The molecule has 8 nitrogen and oxygen atoms in total. The van der Waals surface area contributed by atoms with Crippen molar-refractivity contribution in [3.8, 4) is 0 Å². The van der Waals surface area contributed by atoms with Crippen LogP contribution < -0.4 is 5.32 Å². The van der Waals surface area contributed by atoms with Gasteiger partial charge < -0.3 is 14.8 Å². The van der Waals surface area contributed by atoms with Gasteiger partial charge in [-0.25, -0.2) is 4.68 Å². The number of carbonyl (C=O) groups excluding carboxylic acids is 1. The van der Waals surface area contributed by atoms with Gasteiger partial charge in [-0.15, -0.1) is 5.10 Å². The van der Waals surface area contributed by atoms with Gasteiger partial charge in [0, 0.05) is 18.7 Å². The maximum atomic E-state index is 12.7. The number of hydrogen-bond acceptors (Lipinski definition) is 5. The van der Waals surface area contributed by atoms with E-state index in [-0.39, 0.29) is 24.7 Å². The molecule has 3 rings (SSSR count). The molecule has 30 heavy (non-hydrogen) atoms. The first-order valence-electron chi connectivity index (χ1n) is 9.83. The first kappa shape index (κ1) is 21.3. The quantitative estimate of drug-likeness (QED) is 0.561. The van der Waals surface area contributed by atoms with Crippen molar-refractivity contribution in [2.75, 3.05) is 0 Å².